The maximum Gasteiger partial charge on any atom is 0.193 e. The number of hydrogen-bond acceptors (Lipinski definition) is 3. The van der Waals surface area contributed by atoms with E-state index in [0.717, 1.165) is 16.4 Å². The van der Waals surface area contributed by atoms with Gasteiger partial charge in [0.15, 0.2) is 6.10 Å². The van der Waals surface area contributed by atoms with Crippen LogP contribution >= 0.6 is 11.8 Å². The van der Waals surface area contributed by atoms with Gasteiger partial charge in [-0.2, -0.15) is 5.26 Å². The molecule has 0 aromatic heterocycles. The average Bonchev–Trinajstić information content (AvgIpc) is 2.17. The summed E-state index contributed by atoms with van der Waals surface area (Å²) in [5.41, 5.74) is 0. The van der Waals surface area contributed by atoms with Crippen LogP contribution in [0, 0.1) is 11.3 Å². The van der Waals surface area contributed by atoms with E-state index in [-0.39, 0.29) is 6.10 Å². The van der Waals surface area contributed by atoms with E-state index in [1.807, 2.05) is 24.3 Å². The molecular formula is C9H7NOS. The monoisotopic (exact) mass is 177 g/mol. The van der Waals surface area contributed by atoms with Crippen LogP contribution in [0.25, 0.3) is 0 Å². The maximum absolute atomic E-state index is 8.63. The van der Waals surface area contributed by atoms with Gasteiger partial charge in [-0.15, -0.1) is 11.8 Å². The van der Waals surface area contributed by atoms with Gasteiger partial charge in [0, 0.05) is 10.6 Å². The second kappa shape index (κ2) is 3.08. The van der Waals surface area contributed by atoms with E-state index >= 15 is 0 Å². The highest BCUT2D eigenvalue weighted by molar-refractivity contribution is 7.99. The quantitative estimate of drug-likeness (QED) is 0.608. The summed E-state index contributed by atoms with van der Waals surface area (Å²) in [4.78, 5) is 1.13. The molecule has 2 nitrogen and oxygen atoms in total. The van der Waals surface area contributed by atoms with E-state index in [9.17, 15) is 0 Å². The molecule has 0 saturated heterocycles. The summed E-state index contributed by atoms with van der Waals surface area (Å²) >= 11 is 1.67. The summed E-state index contributed by atoms with van der Waals surface area (Å²) in [5, 5.41) is 8.63. The van der Waals surface area contributed by atoms with Crippen LogP contribution in [0.2, 0.25) is 0 Å². The van der Waals surface area contributed by atoms with E-state index < -0.39 is 0 Å². The van der Waals surface area contributed by atoms with Crippen molar-refractivity contribution in [1.29, 1.82) is 5.26 Å². The van der Waals surface area contributed by atoms with Gasteiger partial charge < -0.3 is 4.74 Å². The Balaban J connectivity index is 2.30. The molecule has 12 heavy (non-hydrogen) atoms. The molecule has 0 spiro atoms. The molecule has 0 saturated carbocycles. The zero-order valence-electron chi connectivity index (χ0n) is 6.36. The highest BCUT2D eigenvalue weighted by Crippen LogP contribution is 2.34. The molecule has 0 fully saturated rings. The number of hydrogen-bond donors (Lipinski definition) is 0. The molecule has 1 aliphatic rings. The fourth-order valence-corrected chi connectivity index (χ4v) is 1.99. The highest BCUT2D eigenvalue weighted by Gasteiger charge is 2.18. The van der Waals surface area contributed by atoms with Crippen molar-refractivity contribution >= 4 is 11.8 Å². The standard InChI is InChI=1S/C9H7NOS/c10-5-7-6-12-9-4-2-1-3-8(9)11-7/h1-4,7H,6H2/t7-/m0/s1. The third-order valence-corrected chi connectivity index (χ3v) is 2.77. The Morgan fingerprint density at radius 1 is 1.50 bits per heavy atom. The average molecular weight is 177 g/mol. The van der Waals surface area contributed by atoms with Crippen molar-refractivity contribution in [2.24, 2.45) is 0 Å². The van der Waals surface area contributed by atoms with Crippen LogP contribution in [0.5, 0.6) is 5.75 Å². The predicted octanol–water partition coefficient (Wildman–Crippen LogP) is 2.06. The van der Waals surface area contributed by atoms with E-state index in [2.05, 4.69) is 6.07 Å². The lowest BCUT2D eigenvalue weighted by Crippen LogP contribution is -2.20. The second-order valence-electron chi connectivity index (χ2n) is 2.49. The van der Waals surface area contributed by atoms with Crippen molar-refractivity contribution < 1.29 is 4.74 Å². The molecule has 0 amide bonds. The maximum atomic E-state index is 8.63. The molecule has 0 N–H and O–H groups in total. The lowest BCUT2D eigenvalue weighted by Gasteiger charge is -2.20. The number of benzene rings is 1. The topological polar surface area (TPSA) is 33.0 Å². The summed E-state index contributed by atoms with van der Waals surface area (Å²) in [7, 11) is 0. The summed E-state index contributed by atoms with van der Waals surface area (Å²) < 4.78 is 5.40. The van der Waals surface area contributed by atoms with Crippen LogP contribution in [0.1, 0.15) is 0 Å². The van der Waals surface area contributed by atoms with Gasteiger partial charge in [-0.1, -0.05) is 12.1 Å². The molecule has 3 heteroatoms. The molecule has 1 aromatic rings. The van der Waals surface area contributed by atoms with E-state index in [4.69, 9.17) is 10.00 Å². The van der Waals surface area contributed by atoms with Gasteiger partial charge in [0.25, 0.3) is 0 Å². The minimum Gasteiger partial charge on any atom is -0.474 e. The van der Waals surface area contributed by atoms with Crippen molar-refractivity contribution in [3.8, 4) is 11.8 Å². The zero-order chi connectivity index (χ0) is 8.39. The third-order valence-electron chi connectivity index (χ3n) is 1.65. The van der Waals surface area contributed by atoms with Crippen LogP contribution in [-0.2, 0) is 0 Å². The fraction of sp³-hybridized carbons (Fsp3) is 0.222. The Morgan fingerprint density at radius 2 is 2.33 bits per heavy atom. The van der Waals surface area contributed by atoms with E-state index in [1.165, 1.54) is 0 Å². The SMILES string of the molecule is N#C[C@H]1CSc2ccccc2O1. The lowest BCUT2D eigenvalue weighted by atomic mass is 10.3. The molecular weight excluding hydrogens is 170 g/mol. The molecule has 1 atom stereocenters. The van der Waals surface area contributed by atoms with Crippen molar-refractivity contribution in [2.75, 3.05) is 5.75 Å². The van der Waals surface area contributed by atoms with Crippen LogP contribution in [0.4, 0.5) is 0 Å². The Hall–Kier alpha value is -1.14. The number of nitrogens with zero attached hydrogens (tertiary/aromatic N) is 1. The Bertz CT molecular complexity index is 332. The van der Waals surface area contributed by atoms with Gasteiger partial charge >= 0.3 is 0 Å². The Morgan fingerprint density at radius 3 is 3.17 bits per heavy atom. The molecule has 1 aromatic carbocycles. The number of thioether (sulfide) groups is 1. The first-order chi connectivity index (χ1) is 5.90. The first-order valence-corrected chi connectivity index (χ1v) is 4.67. The van der Waals surface area contributed by atoms with Gasteiger partial charge in [0.2, 0.25) is 0 Å². The highest BCUT2D eigenvalue weighted by atomic mass is 32.2. The summed E-state index contributed by atoms with van der Waals surface area (Å²) in [6, 6.07) is 9.89. The van der Waals surface area contributed by atoms with Crippen LogP contribution < -0.4 is 4.74 Å². The number of para-hydroxylation sites is 1. The van der Waals surface area contributed by atoms with Gasteiger partial charge in [-0.05, 0) is 12.1 Å². The summed E-state index contributed by atoms with van der Waals surface area (Å²) in [5.74, 6) is 1.56. The van der Waals surface area contributed by atoms with Gasteiger partial charge in [-0.25, -0.2) is 0 Å². The molecule has 0 aliphatic carbocycles. The normalized spacial score (nSPS) is 20.4. The van der Waals surface area contributed by atoms with E-state index in [1.54, 1.807) is 11.8 Å². The first kappa shape index (κ1) is 7.51. The molecule has 2 rings (SSSR count). The van der Waals surface area contributed by atoms with Crippen LogP contribution in [0.15, 0.2) is 29.2 Å². The van der Waals surface area contributed by atoms with Gasteiger partial charge in [0.1, 0.15) is 11.8 Å². The van der Waals surface area contributed by atoms with Gasteiger partial charge in [0.05, 0.1) is 0 Å². The van der Waals surface area contributed by atoms with Gasteiger partial charge in [-0.3, -0.25) is 0 Å². The zero-order valence-corrected chi connectivity index (χ0v) is 7.17. The van der Waals surface area contributed by atoms with Crippen molar-refractivity contribution in [3.63, 3.8) is 0 Å². The number of rotatable bonds is 0. The number of nitriles is 1. The Labute approximate surface area is 75.1 Å². The van der Waals surface area contributed by atoms with Crippen LogP contribution in [0.3, 0.4) is 0 Å². The Kier molecular flexibility index (Phi) is 1.92. The molecule has 0 bridgehead atoms. The molecule has 0 radical (unpaired) electrons. The number of fused-ring (bicyclic) bond motifs is 1. The van der Waals surface area contributed by atoms with Crippen LogP contribution in [-0.4, -0.2) is 11.9 Å². The third kappa shape index (κ3) is 1.26. The lowest BCUT2D eigenvalue weighted by molar-refractivity contribution is 0.268. The smallest absolute Gasteiger partial charge is 0.193 e. The molecule has 60 valence electrons. The summed E-state index contributed by atoms with van der Waals surface area (Å²) in [6.07, 6.45) is -0.287. The molecule has 1 heterocycles. The summed E-state index contributed by atoms with van der Waals surface area (Å²) in [6.45, 7) is 0. The largest absolute Gasteiger partial charge is 0.474 e. The first-order valence-electron chi connectivity index (χ1n) is 3.68. The number of ether oxygens (including phenoxy) is 1. The molecule has 0 unspecified atom stereocenters. The minimum atomic E-state index is -0.287. The fourth-order valence-electron chi connectivity index (χ4n) is 1.08. The molecule has 1 aliphatic heterocycles. The van der Waals surface area contributed by atoms with Crippen molar-refractivity contribution in [1.82, 2.24) is 0 Å². The predicted molar refractivity (Wildman–Crippen MR) is 47.2 cm³/mol. The second-order valence-corrected chi connectivity index (χ2v) is 3.56. The van der Waals surface area contributed by atoms with Crippen molar-refractivity contribution in [3.05, 3.63) is 24.3 Å². The minimum absolute atomic E-state index is 0.287. The van der Waals surface area contributed by atoms with Crippen molar-refractivity contribution in [2.45, 2.75) is 11.0 Å². The van der Waals surface area contributed by atoms with E-state index in [0.29, 0.717) is 0 Å².